The molecule has 2 aromatic carbocycles. The van der Waals surface area contributed by atoms with Crippen molar-refractivity contribution in [3.63, 3.8) is 0 Å². The van der Waals surface area contributed by atoms with Crippen LogP contribution in [0.1, 0.15) is 18.1 Å². The van der Waals surface area contributed by atoms with Crippen molar-refractivity contribution in [2.45, 2.75) is 20.1 Å². The van der Waals surface area contributed by atoms with E-state index in [9.17, 15) is 0 Å². The largest absolute Gasteiger partial charge is 0.490 e. The third-order valence-electron chi connectivity index (χ3n) is 3.78. The Morgan fingerprint density at radius 3 is 2.56 bits per heavy atom. The molecule has 0 unspecified atom stereocenters. The van der Waals surface area contributed by atoms with Crippen LogP contribution in [0.15, 0.2) is 40.9 Å². The van der Waals surface area contributed by atoms with Crippen LogP contribution in [0.3, 0.4) is 0 Å². The zero-order valence-electron chi connectivity index (χ0n) is 14.9. The Labute approximate surface area is 170 Å². The van der Waals surface area contributed by atoms with Crippen LogP contribution in [-0.2, 0) is 20.2 Å². The van der Waals surface area contributed by atoms with Crippen LogP contribution in [0.5, 0.6) is 11.5 Å². The number of nitrogens with zero attached hydrogens (tertiary/aromatic N) is 4. The van der Waals surface area contributed by atoms with Crippen LogP contribution in [-0.4, -0.2) is 26.8 Å². The average Bonchev–Trinajstić information content (AvgIpc) is 3.07. The highest BCUT2D eigenvalue weighted by molar-refractivity contribution is 9.10. The van der Waals surface area contributed by atoms with Gasteiger partial charge in [-0.1, -0.05) is 44.8 Å². The minimum atomic E-state index is 0.423. The second-order valence-corrected chi connectivity index (χ2v) is 7.01. The molecule has 1 N–H and O–H groups in total. The number of anilines is 1. The van der Waals surface area contributed by atoms with Gasteiger partial charge < -0.3 is 14.8 Å². The summed E-state index contributed by atoms with van der Waals surface area (Å²) in [5.74, 6) is 1.94. The molecule has 0 amide bonds. The number of hydrogen-bond donors (Lipinski definition) is 1. The monoisotopic (exact) mass is 451 g/mol. The number of hydrogen-bond acceptors (Lipinski definition) is 6. The van der Waals surface area contributed by atoms with Crippen molar-refractivity contribution >= 4 is 33.5 Å². The van der Waals surface area contributed by atoms with Gasteiger partial charge >= 0.3 is 0 Å². The minimum Gasteiger partial charge on any atom is -0.490 e. The van der Waals surface area contributed by atoms with E-state index in [2.05, 4.69) is 36.8 Å². The molecular weight excluding hydrogens is 434 g/mol. The van der Waals surface area contributed by atoms with Gasteiger partial charge in [0.05, 0.1) is 6.61 Å². The summed E-state index contributed by atoms with van der Waals surface area (Å²) in [6, 6.07) is 11.4. The predicted octanol–water partition coefficient (Wildman–Crippen LogP) is 4.22. The lowest BCUT2D eigenvalue weighted by atomic mass is 10.2. The maximum absolute atomic E-state index is 5.97. The molecule has 0 radical (unpaired) electrons. The number of ether oxygens (including phenoxy) is 2. The van der Waals surface area contributed by atoms with E-state index < -0.39 is 0 Å². The van der Waals surface area contributed by atoms with E-state index in [0.29, 0.717) is 42.2 Å². The van der Waals surface area contributed by atoms with Gasteiger partial charge in [0.2, 0.25) is 5.95 Å². The fourth-order valence-electron chi connectivity index (χ4n) is 2.39. The summed E-state index contributed by atoms with van der Waals surface area (Å²) in [6.07, 6.45) is 0. The van der Waals surface area contributed by atoms with E-state index in [1.54, 1.807) is 11.7 Å². The van der Waals surface area contributed by atoms with Crippen molar-refractivity contribution < 1.29 is 9.47 Å². The third-order valence-corrected chi connectivity index (χ3v) is 4.77. The van der Waals surface area contributed by atoms with Crippen LogP contribution in [0.2, 0.25) is 5.02 Å². The fourth-order valence-corrected chi connectivity index (χ4v) is 2.98. The van der Waals surface area contributed by atoms with Crippen molar-refractivity contribution in [2.24, 2.45) is 7.05 Å². The molecule has 0 saturated heterocycles. The average molecular weight is 453 g/mol. The lowest BCUT2D eigenvalue weighted by Gasteiger charge is -2.15. The second-order valence-electron chi connectivity index (χ2n) is 5.72. The van der Waals surface area contributed by atoms with Gasteiger partial charge in [0.15, 0.2) is 11.5 Å². The normalized spacial score (nSPS) is 10.7. The molecular formula is C18H19BrClN5O2. The summed E-state index contributed by atoms with van der Waals surface area (Å²) in [4.78, 5) is 0. The predicted molar refractivity (Wildman–Crippen MR) is 107 cm³/mol. The molecule has 1 aromatic heterocycles. The summed E-state index contributed by atoms with van der Waals surface area (Å²) in [7, 11) is 1.77. The van der Waals surface area contributed by atoms with Crippen LogP contribution in [0.4, 0.5) is 5.95 Å². The van der Waals surface area contributed by atoms with Gasteiger partial charge in [-0.2, -0.15) is 0 Å². The molecule has 1 heterocycles. The van der Waals surface area contributed by atoms with Gasteiger partial charge in [0.1, 0.15) is 6.61 Å². The Balaban J connectivity index is 1.74. The van der Waals surface area contributed by atoms with Gasteiger partial charge in [-0.3, -0.25) is 0 Å². The van der Waals surface area contributed by atoms with Gasteiger partial charge in [-0.05, 0) is 52.7 Å². The van der Waals surface area contributed by atoms with E-state index in [1.807, 2.05) is 43.3 Å². The minimum absolute atomic E-state index is 0.423. The lowest BCUT2D eigenvalue weighted by Crippen LogP contribution is -2.07. The Hall–Kier alpha value is -2.32. The van der Waals surface area contributed by atoms with Crippen molar-refractivity contribution in [1.82, 2.24) is 20.2 Å². The first-order chi connectivity index (χ1) is 13.1. The lowest BCUT2D eigenvalue weighted by molar-refractivity contribution is 0.269. The molecule has 3 aromatic rings. The third kappa shape index (κ3) is 5.11. The molecule has 0 atom stereocenters. The molecule has 0 bridgehead atoms. The number of nitrogens with one attached hydrogen (secondary N) is 1. The SMILES string of the molecule is CCOc1cc(CNc2nnnn2C)c(Br)cc1OCc1ccc(Cl)cc1. The van der Waals surface area contributed by atoms with Crippen molar-refractivity contribution in [3.05, 3.63) is 57.0 Å². The first-order valence-electron chi connectivity index (χ1n) is 8.35. The standard InChI is InChI=1S/C18H19BrClN5O2/c1-3-26-16-8-13(10-21-18-22-23-24-25(18)2)15(19)9-17(16)27-11-12-4-6-14(20)7-5-12/h4-9H,3,10-11H2,1-2H3,(H,21,22,24). The van der Waals surface area contributed by atoms with Crippen LogP contribution in [0, 0.1) is 0 Å². The fraction of sp³-hybridized carbons (Fsp3) is 0.278. The smallest absolute Gasteiger partial charge is 0.242 e. The quantitative estimate of drug-likeness (QED) is 0.552. The molecule has 0 fully saturated rings. The van der Waals surface area contributed by atoms with Gasteiger partial charge in [-0.25, -0.2) is 4.68 Å². The highest BCUT2D eigenvalue weighted by Crippen LogP contribution is 2.34. The number of aryl methyl sites for hydroxylation is 1. The second kappa shape index (κ2) is 9.05. The zero-order valence-corrected chi connectivity index (χ0v) is 17.3. The summed E-state index contributed by atoms with van der Waals surface area (Å²) in [5, 5.41) is 15.2. The maximum atomic E-state index is 5.97. The van der Waals surface area contributed by atoms with E-state index >= 15 is 0 Å². The van der Waals surface area contributed by atoms with Crippen LogP contribution >= 0.6 is 27.5 Å². The molecule has 9 heteroatoms. The molecule has 7 nitrogen and oxygen atoms in total. The molecule has 27 heavy (non-hydrogen) atoms. The van der Waals surface area contributed by atoms with Crippen molar-refractivity contribution in [2.75, 3.05) is 11.9 Å². The van der Waals surface area contributed by atoms with Crippen LogP contribution < -0.4 is 14.8 Å². The Morgan fingerprint density at radius 1 is 1.15 bits per heavy atom. The molecule has 0 spiro atoms. The number of rotatable bonds is 8. The first kappa shape index (κ1) is 19.4. The van der Waals surface area contributed by atoms with Crippen LogP contribution in [0.25, 0.3) is 0 Å². The number of benzene rings is 2. The highest BCUT2D eigenvalue weighted by atomic mass is 79.9. The Kier molecular flexibility index (Phi) is 6.52. The maximum Gasteiger partial charge on any atom is 0.242 e. The first-order valence-corrected chi connectivity index (χ1v) is 9.52. The van der Waals surface area contributed by atoms with Crippen molar-refractivity contribution in [3.8, 4) is 11.5 Å². The molecule has 0 aliphatic carbocycles. The molecule has 0 saturated carbocycles. The van der Waals surface area contributed by atoms with Gasteiger partial charge in [0.25, 0.3) is 0 Å². The number of tetrazole rings is 1. The van der Waals surface area contributed by atoms with Gasteiger partial charge in [0, 0.05) is 23.1 Å². The topological polar surface area (TPSA) is 74.1 Å². The Morgan fingerprint density at radius 2 is 1.89 bits per heavy atom. The molecule has 3 rings (SSSR count). The molecule has 142 valence electrons. The molecule has 0 aliphatic heterocycles. The summed E-state index contributed by atoms with van der Waals surface area (Å²) >= 11 is 9.52. The Bertz CT molecular complexity index is 901. The zero-order chi connectivity index (χ0) is 19.2. The van der Waals surface area contributed by atoms with E-state index in [1.165, 1.54) is 0 Å². The summed E-state index contributed by atoms with van der Waals surface area (Å²) in [5.41, 5.74) is 2.03. The highest BCUT2D eigenvalue weighted by Gasteiger charge is 2.12. The molecule has 0 aliphatic rings. The van der Waals surface area contributed by atoms with E-state index in [4.69, 9.17) is 21.1 Å². The summed E-state index contributed by atoms with van der Waals surface area (Å²) in [6.45, 7) is 3.44. The van der Waals surface area contributed by atoms with Gasteiger partial charge in [-0.15, -0.1) is 0 Å². The van der Waals surface area contributed by atoms with E-state index in [-0.39, 0.29) is 0 Å². The summed E-state index contributed by atoms with van der Waals surface area (Å²) < 4.78 is 14.2. The van der Waals surface area contributed by atoms with E-state index in [0.717, 1.165) is 15.6 Å². The van der Waals surface area contributed by atoms with Crippen molar-refractivity contribution in [1.29, 1.82) is 0 Å². The number of halogens is 2. The number of aromatic nitrogens is 4.